The minimum absolute atomic E-state index is 0.675. The van der Waals surface area contributed by atoms with Gasteiger partial charge in [0.25, 0.3) is 0 Å². The van der Waals surface area contributed by atoms with Crippen LogP contribution in [-0.2, 0) is 0 Å². The third-order valence-corrected chi connectivity index (χ3v) is 4.28. The van der Waals surface area contributed by atoms with Crippen LogP contribution in [0.3, 0.4) is 0 Å². The van der Waals surface area contributed by atoms with Crippen LogP contribution in [0.4, 0.5) is 0 Å². The van der Waals surface area contributed by atoms with Gasteiger partial charge in [-0.3, -0.25) is 0 Å². The topological polar surface area (TPSA) is 0 Å². The van der Waals surface area contributed by atoms with E-state index >= 15 is 0 Å². The molecule has 3 unspecified atom stereocenters. The molecule has 0 saturated heterocycles. The maximum Gasteiger partial charge on any atom is -0.0258 e. The average Bonchev–Trinajstić information content (AvgIpc) is 2.41. The average molecular weight is 124 g/mol. The second kappa shape index (κ2) is 1.09. The van der Waals surface area contributed by atoms with E-state index in [1.165, 1.54) is 6.42 Å². The van der Waals surface area contributed by atoms with Crippen molar-refractivity contribution in [2.45, 2.75) is 34.1 Å². The fraction of sp³-hybridized carbons (Fsp3) is 1.00. The lowest BCUT2D eigenvalue weighted by Crippen LogP contribution is -2.42. The van der Waals surface area contributed by atoms with Gasteiger partial charge in [0.05, 0.1) is 0 Å². The summed E-state index contributed by atoms with van der Waals surface area (Å²) in [6, 6.07) is 0. The van der Waals surface area contributed by atoms with E-state index in [1.54, 1.807) is 0 Å². The predicted octanol–water partition coefficient (Wildman–Crippen LogP) is 2.69. The van der Waals surface area contributed by atoms with Gasteiger partial charge in [0.1, 0.15) is 0 Å². The first-order chi connectivity index (χ1) is 3.99. The molecule has 2 aliphatic rings. The molecule has 0 spiro atoms. The van der Waals surface area contributed by atoms with Crippen LogP contribution < -0.4 is 0 Å². The predicted molar refractivity (Wildman–Crippen MR) is 39.2 cm³/mol. The zero-order valence-corrected chi connectivity index (χ0v) is 6.86. The summed E-state index contributed by atoms with van der Waals surface area (Å²) in [4.78, 5) is 0. The Hall–Kier alpha value is 0. The molecule has 0 amide bonds. The molecular weight excluding hydrogens is 108 g/mol. The van der Waals surface area contributed by atoms with Crippen molar-refractivity contribution in [3.63, 3.8) is 0 Å². The highest BCUT2D eigenvalue weighted by Crippen LogP contribution is 2.79. The highest BCUT2D eigenvalue weighted by molar-refractivity contribution is 5.20. The molecular formula is C9H16. The van der Waals surface area contributed by atoms with Crippen molar-refractivity contribution in [2.24, 2.45) is 22.7 Å². The van der Waals surface area contributed by atoms with Crippen molar-refractivity contribution in [2.75, 3.05) is 0 Å². The molecule has 0 nitrogen and oxygen atoms in total. The highest BCUT2D eigenvalue weighted by atomic mass is 14.8. The van der Waals surface area contributed by atoms with Crippen LogP contribution in [0.25, 0.3) is 0 Å². The van der Waals surface area contributed by atoms with Crippen LogP contribution in [0, 0.1) is 22.7 Å². The molecule has 3 atom stereocenters. The van der Waals surface area contributed by atoms with Crippen molar-refractivity contribution in [1.29, 1.82) is 0 Å². The van der Waals surface area contributed by atoms with Crippen molar-refractivity contribution >= 4 is 0 Å². The van der Waals surface area contributed by atoms with Crippen molar-refractivity contribution in [3.05, 3.63) is 0 Å². The Morgan fingerprint density at radius 1 is 1.22 bits per heavy atom. The monoisotopic (exact) mass is 124 g/mol. The summed E-state index contributed by atoms with van der Waals surface area (Å²) in [5.74, 6) is 2.04. The summed E-state index contributed by atoms with van der Waals surface area (Å²) in [7, 11) is 0. The van der Waals surface area contributed by atoms with E-state index in [4.69, 9.17) is 0 Å². The number of hydrogen-bond donors (Lipinski definition) is 0. The normalized spacial score (nSPS) is 60.0. The maximum atomic E-state index is 2.44. The number of hydrogen-bond acceptors (Lipinski definition) is 0. The number of fused-ring (bicyclic) bond motifs is 1. The van der Waals surface area contributed by atoms with Crippen LogP contribution in [0.2, 0.25) is 0 Å². The molecule has 0 aromatic rings. The Bertz CT molecular complexity index is 157. The third kappa shape index (κ3) is 0.395. The van der Waals surface area contributed by atoms with Gasteiger partial charge in [-0.05, 0) is 29.1 Å². The van der Waals surface area contributed by atoms with E-state index in [0.717, 1.165) is 17.3 Å². The first-order valence-corrected chi connectivity index (χ1v) is 3.99. The molecule has 2 fully saturated rings. The Balaban J connectivity index is 2.24. The van der Waals surface area contributed by atoms with Gasteiger partial charge < -0.3 is 0 Å². The molecule has 9 heavy (non-hydrogen) atoms. The Kier molecular flexibility index (Phi) is 0.695. The van der Waals surface area contributed by atoms with Gasteiger partial charge in [-0.15, -0.1) is 0 Å². The molecule has 0 bridgehead atoms. The molecule has 0 N–H and O–H groups in total. The lowest BCUT2D eigenvalue weighted by Gasteiger charge is -2.47. The smallest absolute Gasteiger partial charge is 0.0258 e. The molecule has 0 heterocycles. The zero-order chi connectivity index (χ0) is 6.86. The standard InChI is InChI=1S/C9H16/c1-6-8(2,3)7-5-9(6,7)4/h6-7H,5H2,1-4H3. The Labute approximate surface area is 57.6 Å². The maximum absolute atomic E-state index is 2.44. The summed E-state index contributed by atoms with van der Waals surface area (Å²) in [6.07, 6.45) is 1.50. The Morgan fingerprint density at radius 3 is 1.89 bits per heavy atom. The number of rotatable bonds is 0. The fourth-order valence-corrected chi connectivity index (χ4v) is 3.03. The summed E-state index contributed by atoms with van der Waals surface area (Å²) < 4.78 is 0. The molecule has 52 valence electrons. The van der Waals surface area contributed by atoms with E-state index in [9.17, 15) is 0 Å². The van der Waals surface area contributed by atoms with Crippen LogP contribution in [0.15, 0.2) is 0 Å². The van der Waals surface area contributed by atoms with Crippen LogP contribution in [-0.4, -0.2) is 0 Å². The molecule has 0 heteroatoms. The van der Waals surface area contributed by atoms with Crippen LogP contribution >= 0.6 is 0 Å². The molecule has 0 aromatic carbocycles. The lowest BCUT2D eigenvalue weighted by molar-refractivity contribution is 0.00390. The quantitative estimate of drug-likeness (QED) is 0.465. The van der Waals surface area contributed by atoms with Gasteiger partial charge in [0.2, 0.25) is 0 Å². The van der Waals surface area contributed by atoms with Crippen molar-refractivity contribution < 1.29 is 0 Å². The summed E-state index contributed by atoms with van der Waals surface area (Å²) in [6.45, 7) is 9.67. The first-order valence-electron chi connectivity index (χ1n) is 3.99. The second-order valence-corrected chi connectivity index (χ2v) is 4.81. The summed E-state index contributed by atoms with van der Waals surface area (Å²) >= 11 is 0. The van der Waals surface area contributed by atoms with Crippen molar-refractivity contribution in [3.8, 4) is 0 Å². The minimum Gasteiger partial charge on any atom is -0.0615 e. The van der Waals surface area contributed by atoms with E-state index in [-0.39, 0.29) is 0 Å². The van der Waals surface area contributed by atoms with Gasteiger partial charge in [0.15, 0.2) is 0 Å². The molecule has 0 aromatic heterocycles. The van der Waals surface area contributed by atoms with E-state index in [2.05, 4.69) is 27.7 Å². The third-order valence-electron chi connectivity index (χ3n) is 4.28. The highest BCUT2D eigenvalue weighted by Gasteiger charge is 2.72. The molecule has 0 aliphatic heterocycles. The van der Waals surface area contributed by atoms with E-state index in [1.807, 2.05) is 0 Å². The SMILES string of the molecule is CC1C(C)(C)C2CC12C. The Morgan fingerprint density at radius 2 is 1.78 bits per heavy atom. The minimum atomic E-state index is 0.675. The lowest BCUT2D eigenvalue weighted by atomic mass is 9.57. The molecule has 0 radical (unpaired) electrons. The summed E-state index contributed by atoms with van der Waals surface area (Å²) in [5.41, 5.74) is 1.46. The largest absolute Gasteiger partial charge is 0.0615 e. The van der Waals surface area contributed by atoms with Crippen LogP contribution in [0.5, 0.6) is 0 Å². The molecule has 2 rings (SSSR count). The zero-order valence-electron chi connectivity index (χ0n) is 6.86. The first kappa shape index (κ1) is 5.76. The summed E-state index contributed by atoms with van der Waals surface area (Å²) in [5, 5.41) is 0. The van der Waals surface area contributed by atoms with Gasteiger partial charge in [0, 0.05) is 0 Å². The van der Waals surface area contributed by atoms with E-state index < -0.39 is 0 Å². The molecule has 2 aliphatic carbocycles. The van der Waals surface area contributed by atoms with Gasteiger partial charge in [-0.25, -0.2) is 0 Å². The van der Waals surface area contributed by atoms with Crippen molar-refractivity contribution in [1.82, 2.24) is 0 Å². The van der Waals surface area contributed by atoms with Crippen LogP contribution in [0.1, 0.15) is 34.1 Å². The van der Waals surface area contributed by atoms with E-state index in [0.29, 0.717) is 5.41 Å². The second-order valence-electron chi connectivity index (χ2n) is 4.81. The fourth-order valence-electron chi connectivity index (χ4n) is 3.03. The van der Waals surface area contributed by atoms with Gasteiger partial charge in [-0.1, -0.05) is 27.7 Å². The van der Waals surface area contributed by atoms with Gasteiger partial charge in [-0.2, -0.15) is 0 Å². The van der Waals surface area contributed by atoms with Gasteiger partial charge >= 0.3 is 0 Å². The molecule has 2 saturated carbocycles.